The second-order valence-electron chi connectivity index (χ2n) is 3.73. The molecule has 0 aliphatic heterocycles. The normalized spacial score (nSPS) is 10.4. The van der Waals surface area contributed by atoms with E-state index in [1.165, 1.54) is 18.4 Å². The van der Waals surface area contributed by atoms with Crippen LogP contribution in [-0.2, 0) is 11.3 Å². The SMILES string of the molecule is CCCCCOCc1ccc(OC)c(I)c1. The van der Waals surface area contributed by atoms with Crippen molar-refractivity contribution >= 4 is 22.6 Å². The summed E-state index contributed by atoms with van der Waals surface area (Å²) in [4.78, 5) is 0. The Balaban J connectivity index is 2.34. The molecule has 0 fully saturated rings. The molecule has 0 spiro atoms. The summed E-state index contributed by atoms with van der Waals surface area (Å²) in [5, 5.41) is 0. The van der Waals surface area contributed by atoms with Gasteiger partial charge in [0.2, 0.25) is 0 Å². The highest BCUT2D eigenvalue weighted by Crippen LogP contribution is 2.21. The minimum absolute atomic E-state index is 0.698. The molecule has 0 heterocycles. The fourth-order valence-corrected chi connectivity index (χ4v) is 2.24. The zero-order valence-electron chi connectivity index (χ0n) is 9.96. The Labute approximate surface area is 111 Å². The minimum Gasteiger partial charge on any atom is -0.496 e. The average molecular weight is 334 g/mol. The first-order chi connectivity index (χ1) is 7.77. The van der Waals surface area contributed by atoms with Gasteiger partial charge in [-0.25, -0.2) is 0 Å². The van der Waals surface area contributed by atoms with Gasteiger partial charge in [-0.2, -0.15) is 0 Å². The summed E-state index contributed by atoms with van der Waals surface area (Å²) in [6, 6.07) is 6.16. The van der Waals surface area contributed by atoms with Crippen molar-refractivity contribution in [2.75, 3.05) is 13.7 Å². The Morgan fingerprint density at radius 3 is 2.69 bits per heavy atom. The molecule has 1 aromatic rings. The van der Waals surface area contributed by atoms with Crippen LogP contribution in [0.5, 0.6) is 5.75 Å². The second kappa shape index (κ2) is 7.90. The number of rotatable bonds is 7. The number of ether oxygens (including phenoxy) is 2. The molecule has 0 aliphatic rings. The molecule has 2 nitrogen and oxygen atoms in total. The summed E-state index contributed by atoms with van der Waals surface area (Å²) in [5.74, 6) is 0.926. The van der Waals surface area contributed by atoms with Gasteiger partial charge in [-0.05, 0) is 46.7 Å². The number of benzene rings is 1. The van der Waals surface area contributed by atoms with Crippen LogP contribution in [0.25, 0.3) is 0 Å². The van der Waals surface area contributed by atoms with Gasteiger partial charge in [-0.3, -0.25) is 0 Å². The van der Waals surface area contributed by atoms with Gasteiger partial charge >= 0.3 is 0 Å². The molecule has 90 valence electrons. The highest BCUT2D eigenvalue weighted by Gasteiger charge is 2.01. The highest BCUT2D eigenvalue weighted by atomic mass is 127. The predicted octanol–water partition coefficient (Wildman–Crippen LogP) is 4.01. The molecule has 0 unspecified atom stereocenters. The van der Waals surface area contributed by atoms with Crippen LogP contribution in [0.4, 0.5) is 0 Å². The fraction of sp³-hybridized carbons (Fsp3) is 0.538. The lowest BCUT2D eigenvalue weighted by Crippen LogP contribution is -1.96. The Hall–Kier alpha value is -0.290. The van der Waals surface area contributed by atoms with Crippen molar-refractivity contribution in [2.24, 2.45) is 0 Å². The molecule has 0 aromatic heterocycles. The Morgan fingerprint density at radius 1 is 1.25 bits per heavy atom. The van der Waals surface area contributed by atoms with Crippen LogP contribution in [-0.4, -0.2) is 13.7 Å². The number of halogens is 1. The third-order valence-corrected chi connectivity index (χ3v) is 3.22. The second-order valence-corrected chi connectivity index (χ2v) is 4.89. The molecule has 1 rings (SSSR count). The third-order valence-electron chi connectivity index (χ3n) is 2.38. The predicted molar refractivity (Wildman–Crippen MR) is 74.9 cm³/mol. The van der Waals surface area contributed by atoms with Crippen LogP contribution < -0.4 is 4.74 Å². The highest BCUT2D eigenvalue weighted by molar-refractivity contribution is 14.1. The zero-order valence-corrected chi connectivity index (χ0v) is 12.1. The molecule has 0 saturated carbocycles. The monoisotopic (exact) mass is 334 g/mol. The number of hydrogen-bond acceptors (Lipinski definition) is 2. The van der Waals surface area contributed by atoms with Crippen molar-refractivity contribution in [1.29, 1.82) is 0 Å². The average Bonchev–Trinajstić information content (AvgIpc) is 2.29. The molecule has 0 radical (unpaired) electrons. The Bertz CT molecular complexity index is 313. The molecule has 0 amide bonds. The summed E-state index contributed by atoms with van der Waals surface area (Å²) in [7, 11) is 1.69. The number of hydrogen-bond donors (Lipinski definition) is 0. The van der Waals surface area contributed by atoms with Gasteiger partial charge in [0.25, 0.3) is 0 Å². The minimum atomic E-state index is 0.698. The molecule has 0 atom stereocenters. The van der Waals surface area contributed by atoms with E-state index in [1.807, 2.05) is 6.07 Å². The number of methoxy groups -OCH3 is 1. The van der Waals surface area contributed by atoms with E-state index in [4.69, 9.17) is 9.47 Å². The molecule has 0 saturated heterocycles. The van der Waals surface area contributed by atoms with Crippen LogP contribution in [0, 0.1) is 3.57 Å². The van der Waals surface area contributed by atoms with Gasteiger partial charge in [0.1, 0.15) is 5.75 Å². The Morgan fingerprint density at radius 2 is 2.06 bits per heavy atom. The van der Waals surface area contributed by atoms with Crippen molar-refractivity contribution < 1.29 is 9.47 Å². The molecule has 3 heteroatoms. The maximum atomic E-state index is 5.61. The first-order valence-corrected chi connectivity index (χ1v) is 6.76. The molecular formula is C13H19IO2. The molecule has 0 aliphatic carbocycles. The van der Waals surface area contributed by atoms with Gasteiger partial charge in [0.05, 0.1) is 17.3 Å². The van der Waals surface area contributed by atoms with E-state index in [2.05, 4.69) is 41.6 Å². The van der Waals surface area contributed by atoms with Crippen molar-refractivity contribution in [3.8, 4) is 5.75 Å². The molecule has 0 N–H and O–H groups in total. The summed E-state index contributed by atoms with van der Waals surface area (Å²) < 4.78 is 11.9. The van der Waals surface area contributed by atoms with Crippen LogP contribution in [0.2, 0.25) is 0 Å². The molecule has 16 heavy (non-hydrogen) atoms. The summed E-state index contributed by atoms with van der Waals surface area (Å²) in [6.07, 6.45) is 3.65. The Kier molecular flexibility index (Phi) is 6.80. The van der Waals surface area contributed by atoms with Crippen LogP contribution in [0.3, 0.4) is 0 Å². The van der Waals surface area contributed by atoms with E-state index in [-0.39, 0.29) is 0 Å². The summed E-state index contributed by atoms with van der Waals surface area (Å²) in [5.41, 5.74) is 1.21. The van der Waals surface area contributed by atoms with Gasteiger partial charge < -0.3 is 9.47 Å². The first-order valence-electron chi connectivity index (χ1n) is 5.68. The maximum Gasteiger partial charge on any atom is 0.132 e. The lowest BCUT2D eigenvalue weighted by molar-refractivity contribution is 0.117. The lowest BCUT2D eigenvalue weighted by Gasteiger charge is -2.07. The standard InChI is InChI=1S/C13H19IO2/c1-3-4-5-8-16-10-11-6-7-13(15-2)12(14)9-11/h6-7,9H,3-5,8,10H2,1-2H3. The fourth-order valence-electron chi connectivity index (χ4n) is 1.44. The van der Waals surface area contributed by atoms with Crippen LogP contribution >= 0.6 is 22.6 Å². The van der Waals surface area contributed by atoms with Crippen LogP contribution in [0.15, 0.2) is 18.2 Å². The van der Waals surface area contributed by atoms with Crippen molar-refractivity contribution in [1.82, 2.24) is 0 Å². The van der Waals surface area contributed by atoms with E-state index >= 15 is 0 Å². The van der Waals surface area contributed by atoms with Gasteiger partial charge in [0, 0.05) is 6.61 Å². The van der Waals surface area contributed by atoms with Gasteiger partial charge in [-0.15, -0.1) is 0 Å². The van der Waals surface area contributed by atoms with Gasteiger partial charge in [0.15, 0.2) is 0 Å². The topological polar surface area (TPSA) is 18.5 Å². The van der Waals surface area contributed by atoms with E-state index in [1.54, 1.807) is 7.11 Å². The van der Waals surface area contributed by atoms with E-state index in [0.717, 1.165) is 22.3 Å². The molecular weight excluding hydrogens is 315 g/mol. The maximum absolute atomic E-state index is 5.61. The van der Waals surface area contributed by atoms with E-state index in [0.29, 0.717) is 6.61 Å². The zero-order chi connectivity index (χ0) is 11.8. The van der Waals surface area contributed by atoms with Crippen molar-refractivity contribution in [3.63, 3.8) is 0 Å². The summed E-state index contributed by atoms with van der Waals surface area (Å²) in [6.45, 7) is 3.76. The largest absolute Gasteiger partial charge is 0.496 e. The molecule has 0 bridgehead atoms. The smallest absolute Gasteiger partial charge is 0.132 e. The third kappa shape index (κ3) is 4.70. The van der Waals surface area contributed by atoms with Gasteiger partial charge in [-0.1, -0.05) is 25.8 Å². The summed E-state index contributed by atoms with van der Waals surface area (Å²) >= 11 is 2.28. The van der Waals surface area contributed by atoms with Crippen LogP contribution in [0.1, 0.15) is 31.7 Å². The van der Waals surface area contributed by atoms with E-state index in [9.17, 15) is 0 Å². The van der Waals surface area contributed by atoms with Crippen molar-refractivity contribution in [2.45, 2.75) is 32.8 Å². The number of unbranched alkanes of at least 4 members (excludes halogenated alkanes) is 2. The molecule has 1 aromatic carbocycles. The lowest BCUT2D eigenvalue weighted by atomic mass is 10.2. The quantitative estimate of drug-likeness (QED) is 0.554. The first kappa shape index (κ1) is 13.8. The van der Waals surface area contributed by atoms with Crippen molar-refractivity contribution in [3.05, 3.63) is 27.3 Å². The van der Waals surface area contributed by atoms with E-state index < -0.39 is 0 Å².